The monoisotopic (exact) mass is 162 g/mol. The molecule has 0 fully saturated rings. The van der Waals surface area contributed by atoms with E-state index in [9.17, 15) is 5.11 Å². The quantitative estimate of drug-likeness (QED) is 0.646. The number of aryl methyl sites for hydroxylation is 2. The maximum atomic E-state index is 9.51. The van der Waals surface area contributed by atoms with Crippen molar-refractivity contribution in [2.24, 2.45) is 0 Å². The third-order valence-corrected chi connectivity index (χ3v) is 2.08. The zero-order chi connectivity index (χ0) is 8.72. The van der Waals surface area contributed by atoms with Crippen LogP contribution >= 0.6 is 0 Å². The number of fused-ring (bicyclic) bond motifs is 1. The third kappa shape index (κ3) is 0.811. The second-order valence-corrected chi connectivity index (χ2v) is 3.02. The Morgan fingerprint density at radius 2 is 1.92 bits per heavy atom. The molecule has 0 atom stereocenters. The summed E-state index contributed by atoms with van der Waals surface area (Å²) in [5, 5.41) is 10.3. The van der Waals surface area contributed by atoms with Crippen molar-refractivity contribution < 1.29 is 9.52 Å². The van der Waals surface area contributed by atoms with E-state index < -0.39 is 0 Å². The largest absolute Gasteiger partial charge is 0.507 e. The summed E-state index contributed by atoms with van der Waals surface area (Å²) in [6.45, 7) is 3.88. The molecule has 0 aliphatic heterocycles. The highest BCUT2D eigenvalue weighted by molar-refractivity contribution is 5.89. The summed E-state index contributed by atoms with van der Waals surface area (Å²) in [4.78, 5) is 0. The van der Waals surface area contributed by atoms with Gasteiger partial charge in [-0.3, -0.25) is 0 Å². The van der Waals surface area contributed by atoms with Crippen LogP contribution < -0.4 is 0 Å². The van der Waals surface area contributed by atoms with E-state index in [-0.39, 0.29) is 0 Å². The Balaban J connectivity index is 2.98. The fourth-order valence-electron chi connectivity index (χ4n) is 1.42. The van der Waals surface area contributed by atoms with Crippen LogP contribution in [0.2, 0.25) is 0 Å². The van der Waals surface area contributed by atoms with Crippen molar-refractivity contribution in [3.05, 3.63) is 29.5 Å². The minimum Gasteiger partial charge on any atom is -0.507 e. The van der Waals surface area contributed by atoms with Gasteiger partial charge in [-0.25, -0.2) is 0 Å². The zero-order valence-corrected chi connectivity index (χ0v) is 7.09. The second-order valence-electron chi connectivity index (χ2n) is 3.02. The number of benzene rings is 1. The fourth-order valence-corrected chi connectivity index (χ4v) is 1.42. The van der Waals surface area contributed by atoms with E-state index in [0.29, 0.717) is 5.75 Å². The van der Waals surface area contributed by atoms with Crippen molar-refractivity contribution in [3.8, 4) is 5.75 Å². The van der Waals surface area contributed by atoms with Crippen LogP contribution in [-0.4, -0.2) is 5.11 Å². The van der Waals surface area contributed by atoms with Crippen molar-refractivity contribution in [3.63, 3.8) is 0 Å². The summed E-state index contributed by atoms with van der Waals surface area (Å²) in [6.07, 6.45) is 1.66. The van der Waals surface area contributed by atoms with Crippen molar-refractivity contribution in [1.82, 2.24) is 0 Å². The predicted octanol–water partition coefficient (Wildman–Crippen LogP) is 2.76. The van der Waals surface area contributed by atoms with Crippen LogP contribution in [0.25, 0.3) is 11.0 Å². The van der Waals surface area contributed by atoms with Crippen LogP contribution in [0.1, 0.15) is 11.1 Å². The van der Waals surface area contributed by atoms with Crippen LogP contribution in [0.3, 0.4) is 0 Å². The average molecular weight is 162 g/mol. The Morgan fingerprint density at radius 1 is 1.17 bits per heavy atom. The van der Waals surface area contributed by atoms with Gasteiger partial charge in [-0.05, 0) is 31.0 Å². The Morgan fingerprint density at radius 3 is 2.58 bits per heavy atom. The van der Waals surface area contributed by atoms with Gasteiger partial charge in [0.2, 0.25) is 0 Å². The summed E-state index contributed by atoms with van der Waals surface area (Å²) in [7, 11) is 0. The molecule has 0 spiro atoms. The van der Waals surface area contributed by atoms with Gasteiger partial charge in [0, 0.05) is 0 Å². The highest BCUT2D eigenvalue weighted by Crippen LogP contribution is 2.31. The van der Waals surface area contributed by atoms with Gasteiger partial charge in [0.15, 0.2) is 0 Å². The number of aromatic hydroxyl groups is 1. The van der Waals surface area contributed by atoms with E-state index in [1.54, 1.807) is 12.3 Å². The molecule has 1 heterocycles. The highest BCUT2D eigenvalue weighted by Gasteiger charge is 2.08. The highest BCUT2D eigenvalue weighted by atomic mass is 16.3. The standard InChI is InChI=1S/C10H10O2/c1-6-3-4-8(11)9-7(2)5-12-10(6)9/h3-5,11H,1-2H3. The molecule has 2 heteroatoms. The van der Waals surface area contributed by atoms with Crippen LogP contribution in [-0.2, 0) is 0 Å². The third-order valence-electron chi connectivity index (χ3n) is 2.08. The van der Waals surface area contributed by atoms with Crippen molar-refractivity contribution in [1.29, 1.82) is 0 Å². The normalized spacial score (nSPS) is 10.8. The van der Waals surface area contributed by atoms with Gasteiger partial charge in [0.05, 0.1) is 11.6 Å². The first-order valence-corrected chi connectivity index (χ1v) is 3.86. The average Bonchev–Trinajstić information content (AvgIpc) is 2.42. The number of furan rings is 1. The molecule has 2 nitrogen and oxygen atoms in total. The summed E-state index contributed by atoms with van der Waals surface area (Å²) < 4.78 is 5.30. The minimum absolute atomic E-state index is 0.293. The molecule has 1 aromatic heterocycles. The molecule has 2 aromatic rings. The number of phenols is 1. The van der Waals surface area contributed by atoms with Crippen molar-refractivity contribution in [2.45, 2.75) is 13.8 Å². The van der Waals surface area contributed by atoms with E-state index in [1.807, 2.05) is 19.9 Å². The smallest absolute Gasteiger partial charge is 0.140 e. The topological polar surface area (TPSA) is 33.4 Å². The van der Waals surface area contributed by atoms with E-state index in [2.05, 4.69) is 0 Å². The van der Waals surface area contributed by atoms with Crippen molar-refractivity contribution in [2.75, 3.05) is 0 Å². The molecule has 0 aliphatic rings. The first-order valence-electron chi connectivity index (χ1n) is 3.86. The molecule has 0 radical (unpaired) electrons. The fraction of sp³-hybridized carbons (Fsp3) is 0.200. The van der Waals surface area contributed by atoms with Gasteiger partial charge in [-0.2, -0.15) is 0 Å². The molecular formula is C10H10O2. The predicted molar refractivity (Wildman–Crippen MR) is 47.4 cm³/mol. The van der Waals surface area contributed by atoms with Gasteiger partial charge < -0.3 is 9.52 Å². The van der Waals surface area contributed by atoms with E-state index in [1.165, 1.54) is 0 Å². The maximum absolute atomic E-state index is 9.51. The Hall–Kier alpha value is -1.44. The first kappa shape index (κ1) is 7.22. The molecule has 0 saturated heterocycles. The van der Waals surface area contributed by atoms with Crippen LogP contribution in [0, 0.1) is 13.8 Å². The molecule has 0 saturated carbocycles. The Kier molecular flexibility index (Phi) is 1.37. The van der Waals surface area contributed by atoms with Crippen LogP contribution in [0.5, 0.6) is 5.75 Å². The molecule has 0 unspecified atom stereocenters. The minimum atomic E-state index is 0.293. The first-order chi connectivity index (χ1) is 5.70. The molecule has 12 heavy (non-hydrogen) atoms. The zero-order valence-electron chi connectivity index (χ0n) is 7.09. The molecule has 0 aliphatic carbocycles. The summed E-state index contributed by atoms with van der Waals surface area (Å²) in [5.41, 5.74) is 2.81. The van der Waals surface area contributed by atoms with Gasteiger partial charge in [0.25, 0.3) is 0 Å². The molecule has 1 N–H and O–H groups in total. The summed E-state index contributed by atoms with van der Waals surface area (Å²) in [6, 6.07) is 3.54. The molecule has 62 valence electrons. The molecular weight excluding hydrogens is 152 g/mol. The van der Waals surface area contributed by atoms with E-state index in [0.717, 1.165) is 22.1 Å². The van der Waals surface area contributed by atoms with Gasteiger partial charge in [-0.1, -0.05) is 6.07 Å². The molecule has 1 aromatic carbocycles. The van der Waals surface area contributed by atoms with Crippen LogP contribution in [0.4, 0.5) is 0 Å². The molecule has 2 rings (SSSR count). The van der Waals surface area contributed by atoms with E-state index in [4.69, 9.17) is 4.42 Å². The van der Waals surface area contributed by atoms with Gasteiger partial charge in [-0.15, -0.1) is 0 Å². The molecule has 0 amide bonds. The van der Waals surface area contributed by atoms with E-state index >= 15 is 0 Å². The van der Waals surface area contributed by atoms with Crippen molar-refractivity contribution >= 4 is 11.0 Å². The lowest BCUT2D eigenvalue weighted by atomic mass is 10.1. The lowest BCUT2D eigenvalue weighted by Gasteiger charge is -1.97. The SMILES string of the molecule is Cc1ccc(O)c2c(C)coc12. The summed E-state index contributed by atoms with van der Waals surface area (Å²) in [5.74, 6) is 0.293. The number of hydrogen-bond acceptors (Lipinski definition) is 2. The number of phenolic OH excluding ortho intramolecular Hbond substituents is 1. The Bertz CT molecular complexity index is 427. The second kappa shape index (κ2) is 2.27. The van der Waals surface area contributed by atoms with Gasteiger partial charge >= 0.3 is 0 Å². The molecule has 0 bridgehead atoms. The lowest BCUT2D eigenvalue weighted by Crippen LogP contribution is -1.75. The lowest BCUT2D eigenvalue weighted by molar-refractivity contribution is 0.481. The Labute approximate surface area is 70.4 Å². The van der Waals surface area contributed by atoms with Gasteiger partial charge in [0.1, 0.15) is 11.3 Å². The number of hydrogen-bond donors (Lipinski definition) is 1. The summed E-state index contributed by atoms with van der Waals surface area (Å²) >= 11 is 0. The van der Waals surface area contributed by atoms with Crippen LogP contribution in [0.15, 0.2) is 22.8 Å². The maximum Gasteiger partial charge on any atom is 0.140 e. The number of rotatable bonds is 0.